The zero-order chi connectivity index (χ0) is 18.1. The van der Waals surface area contributed by atoms with E-state index in [1.807, 2.05) is 32.9 Å². The normalized spacial score (nSPS) is 18.1. The van der Waals surface area contributed by atoms with E-state index in [9.17, 15) is 22.8 Å². The number of hydrogen-bond donors (Lipinski definition) is 1. The Morgan fingerprint density at radius 2 is 1.75 bits per heavy atom. The number of carbonyl (C=O) groups excluding carboxylic acids is 2. The molecule has 1 aliphatic rings. The van der Waals surface area contributed by atoms with E-state index in [1.54, 1.807) is 12.1 Å². The van der Waals surface area contributed by atoms with Crippen molar-refractivity contribution in [1.29, 1.82) is 0 Å². The number of halogens is 3. The Labute approximate surface area is 139 Å². The third kappa shape index (κ3) is 4.07. The summed E-state index contributed by atoms with van der Waals surface area (Å²) >= 11 is 0. The molecule has 2 rings (SSSR count). The quantitative estimate of drug-likeness (QED) is 0.918. The van der Waals surface area contributed by atoms with Crippen molar-refractivity contribution in [1.82, 2.24) is 10.2 Å². The van der Waals surface area contributed by atoms with Crippen molar-refractivity contribution in [3.63, 3.8) is 0 Å². The van der Waals surface area contributed by atoms with Crippen molar-refractivity contribution in [2.24, 2.45) is 0 Å². The van der Waals surface area contributed by atoms with Gasteiger partial charge in [-0.2, -0.15) is 13.2 Å². The lowest BCUT2D eigenvalue weighted by Crippen LogP contribution is -2.60. The molecule has 1 fully saturated rings. The molecule has 1 aliphatic heterocycles. The molecule has 1 unspecified atom stereocenters. The van der Waals surface area contributed by atoms with E-state index in [-0.39, 0.29) is 18.4 Å². The van der Waals surface area contributed by atoms with Gasteiger partial charge in [-0.1, -0.05) is 32.9 Å². The predicted octanol–water partition coefficient (Wildman–Crippen LogP) is 2.88. The lowest BCUT2D eigenvalue weighted by molar-refractivity contribution is -0.211. The van der Waals surface area contributed by atoms with Crippen molar-refractivity contribution >= 4 is 11.8 Å². The Balaban J connectivity index is 1.90. The van der Waals surface area contributed by atoms with Gasteiger partial charge in [0, 0.05) is 12.1 Å². The topological polar surface area (TPSA) is 49.4 Å². The molecule has 1 aromatic carbocycles. The second-order valence-electron chi connectivity index (χ2n) is 6.94. The van der Waals surface area contributed by atoms with Gasteiger partial charge < -0.3 is 10.2 Å². The van der Waals surface area contributed by atoms with Gasteiger partial charge in [0.05, 0.1) is 6.54 Å². The van der Waals surface area contributed by atoms with Gasteiger partial charge in [0.1, 0.15) is 6.04 Å². The van der Waals surface area contributed by atoms with Gasteiger partial charge >= 0.3 is 6.18 Å². The predicted molar refractivity (Wildman–Crippen MR) is 83.6 cm³/mol. The highest BCUT2D eigenvalue weighted by atomic mass is 19.4. The summed E-state index contributed by atoms with van der Waals surface area (Å²) in [6.45, 7) is 5.77. The summed E-state index contributed by atoms with van der Waals surface area (Å²) in [7, 11) is 0. The number of nitrogens with one attached hydrogen (secondary N) is 1. The molecule has 24 heavy (non-hydrogen) atoms. The number of amides is 2. The molecule has 1 aromatic rings. The lowest BCUT2D eigenvalue weighted by atomic mass is 9.87. The molecule has 1 N–H and O–H groups in total. The first-order valence-corrected chi connectivity index (χ1v) is 7.75. The number of alkyl halides is 3. The van der Waals surface area contributed by atoms with Gasteiger partial charge in [0.2, 0.25) is 5.91 Å². The maximum Gasteiger partial charge on any atom is 0.408 e. The standard InChI is InChI=1S/C17H21F3N2O2/c1-16(2,3)12-6-4-11(5-7-12)15(24)21-10-14(23)22-9-8-13(22)17(18,19)20/h4-7,13H,8-10H2,1-3H3,(H,21,24). The molecule has 0 aliphatic carbocycles. The van der Waals surface area contributed by atoms with E-state index in [1.165, 1.54) is 0 Å². The monoisotopic (exact) mass is 342 g/mol. The molecule has 132 valence electrons. The molecule has 0 spiro atoms. The number of benzene rings is 1. The van der Waals surface area contributed by atoms with Gasteiger partial charge in [0.15, 0.2) is 0 Å². The number of likely N-dealkylation sites (tertiary alicyclic amines) is 1. The fourth-order valence-corrected chi connectivity index (χ4v) is 2.51. The second-order valence-corrected chi connectivity index (χ2v) is 6.94. The Morgan fingerprint density at radius 1 is 1.17 bits per heavy atom. The van der Waals surface area contributed by atoms with Crippen LogP contribution in [-0.2, 0) is 10.2 Å². The van der Waals surface area contributed by atoms with E-state index >= 15 is 0 Å². The smallest absolute Gasteiger partial charge is 0.343 e. The van der Waals surface area contributed by atoms with Crippen LogP contribution in [0.2, 0.25) is 0 Å². The van der Waals surface area contributed by atoms with Crippen LogP contribution >= 0.6 is 0 Å². The average molecular weight is 342 g/mol. The van der Waals surface area contributed by atoms with Crippen molar-refractivity contribution in [2.75, 3.05) is 13.1 Å². The van der Waals surface area contributed by atoms with Crippen LogP contribution in [0.15, 0.2) is 24.3 Å². The minimum Gasteiger partial charge on any atom is -0.343 e. The first-order chi connectivity index (χ1) is 11.0. The fraction of sp³-hybridized carbons (Fsp3) is 0.529. The average Bonchev–Trinajstić information content (AvgIpc) is 2.41. The zero-order valence-corrected chi connectivity index (χ0v) is 13.9. The maximum atomic E-state index is 12.6. The van der Waals surface area contributed by atoms with Gasteiger partial charge in [-0.25, -0.2) is 0 Å². The summed E-state index contributed by atoms with van der Waals surface area (Å²) in [6, 6.07) is 5.20. The summed E-state index contributed by atoms with van der Waals surface area (Å²) in [5.74, 6) is -1.20. The number of rotatable bonds is 3. The Hall–Kier alpha value is -2.05. The Bertz CT molecular complexity index is 618. The van der Waals surface area contributed by atoms with Crippen LogP contribution in [0.4, 0.5) is 13.2 Å². The highest BCUT2D eigenvalue weighted by Gasteiger charge is 2.50. The van der Waals surface area contributed by atoms with Gasteiger partial charge in [-0.05, 0) is 29.5 Å². The summed E-state index contributed by atoms with van der Waals surface area (Å²) in [5, 5.41) is 2.38. The van der Waals surface area contributed by atoms with Gasteiger partial charge in [-0.3, -0.25) is 9.59 Å². The summed E-state index contributed by atoms with van der Waals surface area (Å²) in [6.07, 6.45) is -4.50. The molecule has 7 heteroatoms. The first-order valence-electron chi connectivity index (χ1n) is 7.75. The van der Waals surface area contributed by atoms with Crippen molar-refractivity contribution in [3.8, 4) is 0 Å². The zero-order valence-electron chi connectivity index (χ0n) is 13.9. The van der Waals surface area contributed by atoms with E-state index in [0.29, 0.717) is 5.56 Å². The first kappa shape index (κ1) is 18.3. The minimum absolute atomic E-state index is 0.0465. The molecule has 0 aromatic heterocycles. The van der Waals surface area contributed by atoms with Gasteiger partial charge in [-0.15, -0.1) is 0 Å². The van der Waals surface area contributed by atoms with Crippen molar-refractivity contribution in [2.45, 2.75) is 44.8 Å². The Kier molecular flexibility index (Phi) is 4.92. The number of hydrogen-bond acceptors (Lipinski definition) is 2. The van der Waals surface area contributed by atoms with E-state index in [0.717, 1.165) is 10.5 Å². The van der Waals surface area contributed by atoms with E-state index < -0.39 is 30.6 Å². The molecule has 2 amide bonds. The summed E-state index contributed by atoms with van der Waals surface area (Å²) < 4.78 is 37.9. The van der Waals surface area contributed by atoms with Crippen LogP contribution in [0, 0.1) is 0 Å². The van der Waals surface area contributed by atoms with Crippen LogP contribution in [0.1, 0.15) is 43.1 Å². The molecule has 0 saturated carbocycles. The van der Waals surface area contributed by atoms with Crippen molar-refractivity contribution in [3.05, 3.63) is 35.4 Å². The SMILES string of the molecule is CC(C)(C)c1ccc(C(=O)NCC(=O)N2CCC2C(F)(F)F)cc1. The van der Waals surface area contributed by atoms with Crippen LogP contribution < -0.4 is 5.32 Å². The van der Waals surface area contributed by atoms with E-state index in [4.69, 9.17) is 0 Å². The lowest BCUT2D eigenvalue weighted by Gasteiger charge is -2.41. The summed E-state index contributed by atoms with van der Waals surface area (Å²) in [4.78, 5) is 24.6. The van der Waals surface area contributed by atoms with Crippen LogP contribution in [0.3, 0.4) is 0 Å². The number of nitrogens with zero attached hydrogens (tertiary/aromatic N) is 1. The maximum absolute atomic E-state index is 12.6. The molecular formula is C17H21F3N2O2. The van der Waals surface area contributed by atoms with Crippen molar-refractivity contribution < 1.29 is 22.8 Å². The molecule has 1 heterocycles. The summed E-state index contributed by atoms with van der Waals surface area (Å²) in [5.41, 5.74) is 1.38. The highest BCUT2D eigenvalue weighted by molar-refractivity contribution is 5.96. The van der Waals surface area contributed by atoms with Crippen LogP contribution in [-0.4, -0.2) is 42.0 Å². The number of carbonyl (C=O) groups is 2. The molecule has 0 bridgehead atoms. The minimum atomic E-state index is -4.42. The second kappa shape index (κ2) is 6.45. The molecule has 0 radical (unpaired) electrons. The third-order valence-electron chi connectivity index (χ3n) is 4.13. The molecular weight excluding hydrogens is 321 g/mol. The van der Waals surface area contributed by atoms with Gasteiger partial charge in [0.25, 0.3) is 5.91 Å². The fourth-order valence-electron chi connectivity index (χ4n) is 2.51. The highest BCUT2D eigenvalue weighted by Crippen LogP contribution is 2.33. The molecule has 1 saturated heterocycles. The molecule has 4 nitrogen and oxygen atoms in total. The van der Waals surface area contributed by atoms with Crippen LogP contribution in [0.25, 0.3) is 0 Å². The van der Waals surface area contributed by atoms with E-state index in [2.05, 4.69) is 5.32 Å². The largest absolute Gasteiger partial charge is 0.408 e. The Morgan fingerprint density at radius 3 is 2.17 bits per heavy atom. The third-order valence-corrected chi connectivity index (χ3v) is 4.13. The van der Waals surface area contributed by atoms with Crippen LogP contribution in [0.5, 0.6) is 0 Å². The molecule has 1 atom stereocenters.